The molecule has 96 valence electrons. The van der Waals surface area contributed by atoms with Crippen molar-refractivity contribution in [3.05, 3.63) is 24.4 Å². The molecule has 0 aromatic rings. The van der Waals surface area contributed by atoms with Gasteiger partial charge in [-0.15, -0.1) is 0 Å². The van der Waals surface area contributed by atoms with Crippen LogP contribution in [0.3, 0.4) is 0 Å². The number of hydrogen-bond donors (Lipinski definition) is 3. The van der Waals surface area contributed by atoms with Gasteiger partial charge in [0, 0.05) is 25.2 Å². The van der Waals surface area contributed by atoms with Gasteiger partial charge in [0.1, 0.15) is 0 Å². The van der Waals surface area contributed by atoms with Gasteiger partial charge in [-0.1, -0.05) is 12.7 Å². The van der Waals surface area contributed by atoms with Crippen molar-refractivity contribution in [1.29, 1.82) is 0 Å². The minimum absolute atomic E-state index is 0.132. The normalized spacial score (nSPS) is 26.9. The molecule has 0 aromatic heterocycles. The second kappa shape index (κ2) is 5.44. The minimum atomic E-state index is -0.292. The van der Waals surface area contributed by atoms with Gasteiger partial charge in [-0.05, 0) is 26.6 Å². The third-order valence-corrected chi connectivity index (χ3v) is 3.78. The Balaban J connectivity index is 2.74. The Morgan fingerprint density at radius 1 is 1.76 bits per heavy atom. The summed E-state index contributed by atoms with van der Waals surface area (Å²) in [6.45, 7) is 11.6. The molecule has 1 saturated heterocycles. The summed E-state index contributed by atoms with van der Waals surface area (Å²) < 4.78 is 0. The highest BCUT2D eigenvalue weighted by atomic mass is 15.6. The lowest BCUT2D eigenvalue weighted by molar-refractivity contribution is 0.0864. The van der Waals surface area contributed by atoms with E-state index in [2.05, 4.69) is 43.0 Å². The van der Waals surface area contributed by atoms with Crippen molar-refractivity contribution in [2.45, 2.75) is 37.9 Å². The summed E-state index contributed by atoms with van der Waals surface area (Å²) in [6, 6.07) is 0.407. The van der Waals surface area contributed by atoms with E-state index in [-0.39, 0.29) is 17.6 Å². The lowest BCUT2D eigenvalue weighted by Crippen LogP contribution is -2.65. The summed E-state index contributed by atoms with van der Waals surface area (Å²) in [5.41, 5.74) is 3.53. The fraction of sp³-hybridized carbons (Fsp3) is 0.583. The first-order valence-corrected chi connectivity index (χ1v) is 5.74. The van der Waals surface area contributed by atoms with Gasteiger partial charge in [0.25, 0.3) is 0 Å². The van der Waals surface area contributed by atoms with E-state index in [9.17, 15) is 0 Å². The van der Waals surface area contributed by atoms with Gasteiger partial charge >= 0.3 is 0 Å². The van der Waals surface area contributed by atoms with Crippen LogP contribution in [0.15, 0.2) is 29.4 Å². The first-order valence-electron chi connectivity index (χ1n) is 5.74. The summed E-state index contributed by atoms with van der Waals surface area (Å²) in [7, 11) is 1.90. The van der Waals surface area contributed by atoms with Crippen LogP contribution in [0.25, 0.3) is 0 Å². The van der Waals surface area contributed by atoms with Gasteiger partial charge in [0.15, 0.2) is 0 Å². The zero-order chi connectivity index (χ0) is 13.1. The number of rotatable bonds is 6. The smallest absolute Gasteiger partial charge is 0.0942 e. The molecular formula is C12H23N5. The number of allylic oxidation sites excluding steroid dienone is 2. The second-order valence-electron chi connectivity index (χ2n) is 4.63. The SMILES string of the molecule is C=C/C=C1\CC([C@@](C)(N=C)[C@H](C)N(C)NN)N1. The molecule has 0 spiro atoms. The molecule has 5 nitrogen and oxygen atoms in total. The molecule has 4 N–H and O–H groups in total. The molecule has 1 fully saturated rings. The largest absolute Gasteiger partial charge is 0.383 e. The van der Waals surface area contributed by atoms with Crippen molar-refractivity contribution < 1.29 is 0 Å². The molecule has 0 saturated carbocycles. The predicted octanol–water partition coefficient (Wildman–Crippen LogP) is 0.576. The number of nitrogens with one attached hydrogen (secondary N) is 2. The average molecular weight is 237 g/mol. The maximum absolute atomic E-state index is 5.43. The quantitative estimate of drug-likeness (QED) is 0.359. The van der Waals surface area contributed by atoms with Crippen LogP contribution in [-0.4, -0.2) is 36.4 Å². The Kier molecular flexibility index (Phi) is 4.45. The molecule has 17 heavy (non-hydrogen) atoms. The topological polar surface area (TPSA) is 65.7 Å². The van der Waals surface area contributed by atoms with E-state index < -0.39 is 0 Å². The van der Waals surface area contributed by atoms with E-state index in [4.69, 9.17) is 5.84 Å². The second-order valence-corrected chi connectivity index (χ2v) is 4.63. The molecule has 1 aliphatic heterocycles. The van der Waals surface area contributed by atoms with Crippen molar-refractivity contribution in [2.75, 3.05) is 7.05 Å². The zero-order valence-electron chi connectivity index (χ0n) is 10.9. The molecule has 1 aliphatic rings. The van der Waals surface area contributed by atoms with Crippen molar-refractivity contribution in [2.24, 2.45) is 10.8 Å². The number of nitrogens with zero attached hydrogens (tertiary/aromatic N) is 2. The van der Waals surface area contributed by atoms with Crippen molar-refractivity contribution in [3.8, 4) is 0 Å². The number of hydrazine groups is 2. The fourth-order valence-electron chi connectivity index (χ4n) is 2.07. The summed E-state index contributed by atoms with van der Waals surface area (Å²) >= 11 is 0. The highest BCUT2D eigenvalue weighted by molar-refractivity contribution is 5.31. The van der Waals surface area contributed by atoms with Crippen molar-refractivity contribution in [1.82, 2.24) is 15.9 Å². The van der Waals surface area contributed by atoms with E-state index in [1.807, 2.05) is 18.1 Å². The highest BCUT2D eigenvalue weighted by Crippen LogP contribution is 2.32. The molecule has 0 radical (unpaired) electrons. The molecule has 1 heterocycles. The highest BCUT2D eigenvalue weighted by Gasteiger charge is 2.44. The number of hydrogen-bond acceptors (Lipinski definition) is 5. The first kappa shape index (κ1) is 13.9. The van der Waals surface area contributed by atoms with E-state index in [0.29, 0.717) is 0 Å². The summed E-state index contributed by atoms with van der Waals surface area (Å²) in [4.78, 5) is 4.30. The lowest BCUT2D eigenvalue weighted by atomic mass is 9.79. The average Bonchev–Trinajstić information content (AvgIpc) is 2.30. The summed E-state index contributed by atoms with van der Waals surface area (Å²) in [5, 5.41) is 5.23. The van der Waals surface area contributed by atoms with Crippen LogP contribution in [0.4, 0.5) is 0 Å². The summed E-state index contributed by atoms with van der Waals surface area (Å²) in [5.74, 6) is 5.43. The fourth-order valence-corrected chi connectivity index (χ4v) is 2.07. The van der Waals surface area contributed by atoms with Gasteiger partial charge in [0.2, 0.25) is 0 Å². The molecule has 0 aromatic carbocycles. The summed E-state index contributed by atoms with van der Waals surface area (Å²) in [6.07, 6.45) is 4.73. The third-order valence-electron chi connectivity index (χ3n) is 3.78. The van der Waals surface area contributed by atoms with Crippen LogP contribution >= 0.6 is 0 Å². The van der Waals surface area contributed by atoms with Crippen LogP contribution in [0.5, 0.6) is 0 Å². The third kappa shape index (κ3) is 2.57. The van der Waals surface area contributed by atoms with E-state index in [1.165, 1.54) is 5.70 Å². The Morgan fingerprint density at radius 2 is 2.35 bits per heavy atom. The van der Waals surface area contributed by atoms with Crippen molar-refractivity contribution >= 4 is 6.72 Å². The van der Waals surface area contributed by atoms with Crippen LogP contribution in [-0.2, 0) is 0 Å². The van der Waals surface area contributed by atoms with Gasteiger partial charge in [0.05, 0.1) is 11.6 Å². The first-order chi connectivity index (χ1) is 7.99. The zero-order valence-corrected chi connectivity index (χ0v) is 10.9. The molecule has 0 bridgehead atoms. The molecule has 0 aliphatic carbocycles. The van der Waals surface area contributed by atoms with Gasteiger partial charge in [-0.2, -0.15) is 5.53 Å². The van der Waals surface area contributed by atoms with E-state index in [1.54, 1.807) is 6.08 Å². The van der Waals surface area contributed by atoms with Crippen molar-refractivity contribution in [3.63, 3.8) is 0 Å². The number of aliphatic imine (C=N–C) groups is 1. The van der Waals surface area contributed by atoms with Crippen LogP contribution in [0.2, 0.25) is 0 Å². The van der Waals surface area contributed by atoms with Crippen LogP contribution < -0.4 is 16.7 Å². The van der Waals surface area contributed by atoms with Crippen LogP contribution in [0, 0.1) is 0 Å². The minimum Gasteiger partial charge on any atom is -0.383 e. The molecule has 0 amide bonds. The monoisotopic (exact) mass is 237 g/mol. The standard InChI is InChI=1S/C12H23N5/c1-6-7-10-8-11(15-10)12(3,14-4)9(2)17(5)16-13/h6-7,9,11,15-16H,1,4,8,13H2,2-3,5H3/b10-7+/t9-,11?,12-/m0/s1. The van der Waals surface area contributed by atoms with Crippen LogP contribution in [0.1, 0.15) is 20.3 Å². The Bertz CT molecular complexity index is 317. The molecule has 3 atom stereocenters. The Morgan fingerprint density at radius 3 is 2.76 bits per heavy atom. The van der Waals surface area contributed by atoms with E-state index in [0.717, 1.165) is 6.42 Å². The lowest BCUT2D eigenvalue weighted by Gasteiger charge is -2.48. The maximum Gasteiger partial charge on any atom is 0.0942 e. The molecule has 1 unspecified atom stereocenters. The Hall–Kier alpha value is -1.17. The van der Waals surface area contributed by atoms with Gasteiger partial charge < -0.3 is 5.32 Å². The van der Waals surface area contributed by atoms with Gasteiger partial charge in [-0.25, -0.2) is 5.01 Å². The number of nitrogens with two attached hydrogens (primary N) is 1. The maximum atomic E-state index is 5.43. The number of likely N-dealkylation sites (N-methyl/N-ethyl adjacent to an activating group) is 1. The van der Waals surface area contributed by atoms with E-state index >= 15 is 0 Å². The predicted molar refractivity (Wildman–Crippen MR) is 72.3 cm³/mol. The van der Waals surface area contributed by atoms with Gasteiger partial charge in [-0.3, -0.25) is 10.8 Å². The Labute approximate surface area is 103 Å². The molecule has 1 rings (SSSR count). The molecule has 5 heteroatoms. The molecular weight excluding hydrogens is 214 g/mol.